The summed E-state index contributed by atoms with van der Waals surface area (Å²) in [5, 5.41) is 7.44. The molecule has 1 N–H and O–H groups in total. The van der Waals surface area contributed by atoms with E-state index in [4.69, 9.17) is 4.42 Å². The van der Waals surface area contributed by atoms with Crippen molar-refractivity contribution < 1.29 is 14.0 Å². The highest BCUT2D eigenvalue weighted by atomic mass is 32.1. The van der Waals surface area contributed by atoms with Gasteiger partial charge >= 0.3 is 0 Å². The first kappa shape index (κ1) is 17.0. The molecule has 3 aromatic rings. The molecule has 1 aliphatic rings. The Morgan fingerprint density at radius 3 is 3.00 bits per heavy atom. The van der Waals surface area contributed by atoms with Gasteiger partial charge in [0.05, 0.1) is 17.7 Å². The second-order valence-corrected chi connectivity index (χ2v) is 7.77. The highest BCUT2D eigenvalue weighted by Crippen LogP contribution is 2.29. The van der Waals surface area contributed by atoms with Gasteiger partial charge in [-0.05, 0) is 36.4 Å². The maximum Gasteiger partial charge on any atom is 0.274 e. The molecule has 8 heteroatoms. The van der Waals surface area contributed by atoms with Crippen LogP contribution in [0.3, 0.4) is 0 Å². The van der Waals surface area contributed by atoms with Crippen LogP contribution in [0, 0.1) is 0 Å². The Kier molecular flexibility index (Phi) is 4.85. The summed E-state index contributed by atoms with van der Waals surface area (Å²) >= 11 is 3.05. The van der Waals surface area contributed by atoms with Crippen molar-refractivity contribution in [1.29, 1.82) is 0 Å². The first-order valence-electron chi connectivity index (χ1n) is 8.33. The molecule has 0 aromatic carbocycles. The lowest BCUT2D eigenvalue weighted by Crippen LogP contribution is -2.45. The van der Waals surface area contributed by atoms with E-state index in [0.717, 1.165) is 16.3 Å². The fourth-order valence-corrected chi connectivity index (χ4v) is 4.63. The highest BCUT2D eigenvalue weighted by molar-refractivity contribution is 7.20. The molecule has 1 saturated heterocycles. The lowest BCUT2D eigenvalue weighted by atomic mass is 10.2. The lowest BCUT2D eigenvalue weighted by molar-refractivity contribution is -0.125. The van der Waals surface area contributed by atoms with E-state index >= 15 is 0 Å². The molecular formula is C18H17N3O3S2. The smallest absolute Gasteiger partial charge is 0.274 e. The van der Waals surface area contributed by atoms with E-state index in [1.54, 1.807) is 40.0 Å². The molecular weight excluding hydrogens is 370 g/mol. The molecule has 0 saturated carbocycles. The fourth-order valence-electron chi connectivity index (χ4n) is 3.02. The van der Waals surface area contributed by atoms with Gasteiger partial charge in [-0.2, -0.15) is 0 Å². The Labute approximate surface area is 158 Å². The number of likely N-dealkylation sites (tertiary alicyclic amines) is 1. The normalized spacial score (nSPS) is 16.8. The molecule has 0 bridgehead atoms. The minimum Gasteiger partial charge on any atom is -0.467 e. The summed E-state index contributed by atoms with van der Waals surface area (Å²) in [7, 11) is 0. The first-order valence-corrected chi connectivity index (χ1v) is 10.1. The molecule has 6 nitrogen and oxygen atoms in total. The minimum absolute atomic E-state index is 0.152. The van der Waals surface area contributed by atoms with Crippen molar-refractivity contribution in [3.63, 3.8) is 0 Å². The predicted molar refractivity (Wildman–Crippen MR) is 100 cm³/mol. The number of thiophene rings is 1. The van der Waals surface area contributed by atoms with Crippen LogP contribution in [0.1, 0.15) is 29.1 Å². The number of thiazole rings is 1. The van der Waals surface area contributed by atoms with Crippen molar-refractivity contribution in [3.8, 4) is 9.88 Å². The number of furan rings is 1. The molecule has 1 atom stereocenters. The van der Waals surface area contributed by atoms with Gasteiger partial charge in [0.2, 0.25) is 5.91 Å². The Bertz CT molecular complexity index is 887. The number of amides is 2. The van der Waals surface area contributed by atoms with E-state index in [2.05, 4.69) is 10.3 Å². The largest absolute Gasteiger partial charge is 0.467 e. The molecule has 0 radical (unpaired) electrons. The Morgan fingerprint density at radius 2 is 2.23 bits per heavy atom. The number of rotatable bonds is 5. The van der Waals surface area contributed by atoms with Gasteiger partial charge in [0.15, 0.2) is 0 Å². The van der Waals surface area contributed by atoms with Crippen LogP contribution in [0.2, 0.25) is 0 Å². The van der Waals surface area contributed by atoms with Crippen LogP contribution < -0.4 is 5.32 Å². The van der Waals surface area contributed by atoms with Gasteiger partial charge in [0, 0.05) is 11.9 Å². The summed E-state index contributed by atoms with van der Waals surface area (Å²) in [5.41, 5.74) is 0.407. The summed E-state index contributed by atoms with van der Waals surface area (Å²) in [4.78, 5) is 32.5. The molecule has 0 spiro atoms. The van der Waals surface area contributed by atoms with Gasteiger partial charge in [-0.15, -0.1) is 22.7 Å². The molecule has 134 valence electrons. The van der Waals surface area contributed by atoms with E-state index in [0.29, 0.717) is 31.0 Å². The van der Waals surface area contributed by atoms with E-state index in [-0.39, 0.29) is 11.8 Å². The zero-order chi connectivity index (χ0) is 17.9. The summed E-state index contributed by atoms with van der Waals surface area (Å²) in [6.45, 7) is 0.896. The number of carbonyl (C=O) groups excluding carboxylic acids is 2. The van der Waals surface area contributed by atoms with Crippen molar-refractivity contribution >= 4 is 34.5 Å². The SMILES string of the molecule is O=C(NCc1ccco1)C1CCCN1C(=O)c1csc(-c2cccs2)n1. The van der Waals surface area contributed by atoms with E-state index in [9.17, 15) is 9.59 Å². The van der Waals surface area contributed by atoms with Gasteiger partial charge in [-0.1, -0.05) is 6.07 Å². The summed E-state index contributed by atoms with van der Waals surface area (Å²) < 4.78 is 5.23. The first-order chi connectivity index (χ1) is 12.7. The standard InChI is InChI=1S/C18H17N3O3S2/c22-16(19-10-12-4-2-8-24-12)14-5-1-7-21(14)18(23)13-11-26-17(20-13)15-6-3-9-25-15/h2-4,6,8-9,11,14H,1,5,7,10H2,(H,19,22). The molecule has 0 aliphatic carbocycles. The van der Waals surface area contributed by atoms with Crippen LogP contribution in [-0.2, 0) is 11.3 Å². The topological polar surface area (TPSA) is 75.4 Å². The molecule has 4 heterocycles. The minimum atomic E-state index is -0.454. The molecule has 1 aliphatic heterocycles. The Balaban J connectivity index is 1.44. The maximum absolute atomic E-state index is 12.9. The van der Waals surface area contributed by atoms with E-state index in [1.165, 1.54) is 11.3 Å². The Hall–Kier alpha value is -2.45. The van der Waals surface area contributed by atoms with E-state index in [1.807, 2.05) is 17.5 Å². The fraction of sp³-hybridized carbons (Fsp3) is 0.278. The summed E-state index contributed by atoms with van der Waals surface area (Å²) in [6.07, 6.45) is 3.05. The lowest BCUT2D eigenvalue weighted by Gasteiger charge is -2.23. The van der Waals surface area contributed by atoms with Gasteiger partial charge in [0.1, 0.15) is 22.5 Å². The maximum atomic E-state index is 12.9. The molecule has 26 heavy (non-hydrogen) atoms. The third-order valence-electron chi connectivity index (χ3n) is 4.29. The van der Waals surface area contributed by atoms with Crippen LogP contribution >= 0.6 is 22.7 Å². The number of nitrogens with one attached hydrogen (secondary N) is 1. The second-order valence-electron chi connectivity index (χ2n) is 5.97. The molecule has 1 unspecified atom stereocenters. The van der Waals surface area contributed by atoms with Crippen LogP contribution in [0.15, 0.2) is 45.7 Å². The van der Waals surface area contributed by atoms with Gasteiger partial charge in [0.25, 0.3) is 5.91 Å². The zero-order valence-corrected chi connectivity index (χ0v) is 15.5. The highest BCUT2D eigenvalue weighted by Gasteiger charge is 2.35. The van der Waals surface area contributed by atoms with E-state index < -0.39 is 6.04 Å². The van der Waals surface area contributed by atoms with Crippen LogP contribution in [-0.4, -0.2) is 34.3 Å². The predicted octanol–water partition coefficient (Wildman–Crippen LogP) is 3.39. The molecule has 1 fully saturated rings. The monoisotopic (exact) mass is 387 g/mol. The van der Waals surface area contributed by atoms with Crippen molar-refractivity contribution in [1.82, 2.24) is 15.2 Å². The number of hydrogen-bond acceptors (Lipinski definition) is 6. The van der Waals surface area contributed by atoms with Gasteiger partial charge in [-0.3, -0.25) is 9.59 Å². The van der Waals surface area contributed by atoms with Crippen molar-refractivity contribution in [2.24, 2.45) is 0 Å². The summed E-state index contributed by atoms with van der Waals surface area (Å²) in [6, 6.07) is 7.07. The third kappa shape index (κ3) is 3.42. The molecule has 3 aromatic heterocycles. The van der Waals surface area contributed by atoms with Crippen molar-refractivity contribution in [2.45, 2.75) is 25.4 Å². The molecule has 4 rings (SSSR count). The average molecular weight is 387 g/mol. The van der Waals surface area contributed by atoms with Crippen molar-refractivity contribution in [3.05, 3.63) is 52.7 Å². The van der Waals surface area contributed by atoms with Gasteiger partial charge < -0.3 is 14.6 Å². The second kappa shape index (κ2) is 7.43. The van der Waals surface area contributed by atoms with Gasteiger partial charge in [-0.25, -0.2) is 4.98 Å². The number of aromatic nitrogens is 1. The average Bonchev–Trinajstić information content (AvgIpc) is 3.44. The quantitative estimate of drug-likeness (QED) is 0.728. The van der Waals surface area contributed by atoms with Crippen LogP contribution in [0.4, 0.5) is 0 Å². The number of nitrogens with zero attached hydrogens (tertiary/aromatic N) is 2. The third-order valence-corrected chi connectivity index (χ3v) is 6.17. The summed E-state index contributed by atoms with van der Waals surface area (Å²) in [5.74, 6) is 0.356. The van der Waals surface area contributed by atoms with Crippen LogP contribution in [0.25, 0.3) is 9.88 Å². The van der Waals surface area contributed by atoms with Crippen LogP contribution in [0.5, 0.6) is 0 Å². The number of carbonyl (C=O) groups is 2. The van der Waals surface area contributed by atoms with Crippen molar-refractivity contribution in [2.75, 3.05) is 6.54 Å². The number of hydrogen-bond donors (Lipinski definition) is 1. The Morgan fingerprint density at radius 1 is 1.31 bits per heavy atom. The zero-order valence-electron chi connectivity index (χ0n) is 13.9. The molecule has 2 amide bonds.